The van der Waals surface area contributed by atoms with Gasteiger partial charge in [0.25, 0.3) is 5.92 Å². The Morgan fingerprint density at radius 3 is 2.60 bits per heavy atom. The summed E-state index contributed by atoms with van der Waals surface area (Å²) in [5.74, 6) is -2.84. The van der Waals surface area contributed by atoms with Crippen LogP contribution in [0.4, 0.5) is 13.2 Å². The second-order valence-corrected chi connectivity index (χ2v) is 13.3. The molecule has 2 fully saturated rings. The van der Waals surface area contributed by atoms with E-state index in [1.807, 2.05) is 43.3 Å². The molecule has 0 aliphatic carbocycles. The number of halogens is 3. The van der Waals surface area contributed by atoms with Crippen molar-refractivity contribution in [3.8, 4) is 22.5 Å². The third kappa shape index (κ3) is 6.91. The van der Waals surface area contributed by atoms with E-state index in [4.69, 9.17) is 5.10 Å². The zero-order valence-electron chi connectivity index (χ0n) is 27.5. The molecule has 0 radical (unpaired) electrons. The van der Waals surface area contributed by atoms with E-state index in [2.05, 4.69) is 45.8 Å². The number of fused-ring (bicyclic) bond motifs is 2. The lowest BCUT2D eigenvalue weighted by atomic mass is 9.97. The fraction of sp³-hybridized carbons (Fsp3) is 0.325. The van der Waals surface area contributed by atoms with Crippen molar-refractivity contribution < 1.29 is 13.2 Å². The Labute approximate surface area is 279 Å². The molecule has 0 spiro atoms. The van der Waals surface area contributed by atoms with Gasteiger partial charge < -0.3 is 9.88 Å². The largest absolute Gasteiger partial charge is 0.353 e. The molecule has 7 rings (SSSR count). The number of alkyl halides is 2. The highest BCUT2D eigenvalue weighted by Crippen LogP contribution is 2.36. The fourth-order valence-corrected chi connectivity index (χ4v) is 7.30. The lowest BCUT2D eigenvalue weighted by Gasteiger charge is -2.16. The molecule has 48 heavy (non-hydrogen) atoms. The van der Waals surface area contributed by atoms with E-state index in [0.717, 1.165) is 86.0 Å². The van der Waals surface area contributed by atoms with Crippen LogP contribution in [0.5, 0.6) is 0 Å². The Bertz CT molecular complexity index is 2010. The molecule has 5 nitrogen and oxygen atoms in total. The normalized spacial score (nSPS) is 17.7. The zero-order chi connectivity index (χ0) is 33.3. The summed E-state index contributed by atoms with van der Waals surface area (Å²) in [6.07, 6.45) is 10.1. The van der Waals surface area contributed by atoms with E-state index in [9.17, 15) is 13.2 Å². The molecule has 2 aliphatic rings. The van der Waals surface area contributed by atoms with Gasteiger partial charge in [-0.05, 0) is 122 Å². The average molecular weight is 650 g/mol. The lowest BCUT2D eigenvalue weighted by molar-refractivity contribution is 0.0131. The molecule has 2 saturated heterocycles. The number of H-pyrrole nitrogens is 2. The van der Waals surface area contributed by atoms with Gasteiger partial charge in [-0.2, -0.15) is 5.10 Å². The van der Waals surface area contributed by atoms with Crippen molar-refractivity contribution in [3.63, 3.8) is 0 Å². The average Bonchev–Trinajstić information content (AvgIpc) is 3.89. The number of aromatic amines is 2. The van der Waals surface area contributed by atoms with E-state index >= 15 is 0 Å². The third-order valence-corrected chi connectivity index (χ3v) is 9.79. The quantitative estimate of drug-likeness (QED) is 0.140. The number of hydrogen-bond donors (Lipinski definition) is 2. The summed E-state index contributed by atoms with van der Waals surface area (Å²) < 4.78 is 42.5. The fourth-order valence-electron chi connectivity index (χ4n) is 7.30. The summed E-state index contributed by atoms with van der Waals surface area (Å²) in [5.41, 5.74) is 9.24. The number of nitrogens with one attached hydrogen (secondary N) is 2. The van der Waals surface area contributed by atoms with Crippen molar-refractivity contribution in [2.75, 3.05) is 39.3 Å². The first-order valence-electron chi connectivity index (χ1n) is 17.0. The minimum Gasteiger partial charge on any atom is -0.353 e. The minimum absolute atomic E-state index is 0.106. The molecule has 248 valence electrons. The molecule has 2 N–H and O–H groups in total. The molecule has 0 unspecified atom stereocenters. The highest BCUT2D eigenvalue weighted by atomic mass is 19.3. The van der Waals surface area contributed by atoms with E-state index in [1.165, 1.54) is 25.9 Å². The molecule has 8 heteroatoms. The van der Waals surface area contributed by atoms with Gasteiger partial charge in [0, 0.05) is 35.8 Å². The van der Waals surface area contributed by atoms with Crippen LogP contribution in [0.25, 0.3) is 49.9 Å². The Hall–Kier alpha value is -4.40. The van der Waals surface area contributed by atoms with Gasteiger partial charge in [-0.25, -0.2) is 13.2 Å². The minimum atomic E-state index is -2.63. The van der Waals surface area contributed by atoms with Crippen LogP contribution in [0.15, 0.2) is 91.0 Å². The maximum absolute atomic E-state index is 14.9. The third-order valence-electron chi connectivity index (χ3n) is 9.79. The predicted octanol–water partition coefficient (Wildman–Crippen LogP) is 9.40. The molecule has 0 bridgehead atoms. The summed E-state index contributed by atoms with van der Waals surface area (Å²) in [6.45, 7) is 9.91. The number of allylic oxidation sites excluding steroid dienone is 3. The van der Waals surface area contributed by atoms with Crippen molar-refractivity contribution in [1.82, 2.24) is 25.0 Å². The van der Waals surface area contributed by atoms with E-state index in [1.54, 1.807) is 23.1 Å². The molecule has 4 heterocycles. The van der Waals surface area contributed by atoms with Gasteiger partial charge in [-0.3, -0.25) is 10.00 Å². The first-order valence-corrected chi connectivity index (χ1v) is 17.0. The first kappa shape index (κ1) is 32.2. The molecule has 2 aromatic heterocycles. The smallest absolute Gasteiger partial charge is 0.261 e. The first-order chi connectivity index (χ1) is 23.3. The summed E-state index contributed by atoms with van der Waals surface area (Å²) >= 11 is 0. The van der Waals surface area contributed by atoms with Crippen molar-refractivity contribution in [3.05, 3.63) is 108 Å². The highest BCUT2D eigenvalue weighted by Gasteiger charge is 2.38. The van der Waals surface area contributed by atoms with Gasteiger partial charge in [0.1, 0.15) is 11.5 Å². The van der Waals surface area contributed by atoms with Gasteiger partial charge in [0.15, 0.2) is 0 Å². The molecule has 2 aliphatic heterocycles. The Kier molecular flexibility index (Phi) is 9.12. The number of rotatable bonds is 11. The molecule has 3 aromatic carbocycles. The van der Waals surface area contributed by atoms with Crippen LogP contribution in [0.1, 0.15) is 43.7 Å². The van der Waals surface area contributed by atoms with Crippen molar-refractivity contribution in [2.45, 2.75) is 45.0 Å². The Balaban J connectivity index is 1.17. The second-order valence-electron chi connectivity index (χ2n) is 13.3. The van der Waals surface area contributed by atoms with Crippen LogP contribution in [0, 0.1) is 5.82 Å². The van der Waals surface area contributed by atoms with Crippen molar-refractivity contribution in [2.24, 2.45) is 0 Å². The number of aromatic nitrogens is 3. The van der Waals surface area contributed by atoms with Crippen LogP contribution < -0.4 is 0 Å². The number of likely N-dealkylation sites (tertiary alicyclic amines) is 2. The second kappa shape index (κ2) is 13.6. The van der Waals surface area contributed by atoms with Gasteiger partial charge in [-0.1, -0.05) is 49.1 Å². The molecule has 0 amide bonds. The molecular formula is C40H42F3N5. The van der Waals surface area contributed by atoms with Gasteiger partial charge in [0.05, 0.1) is 17.8 Å². The number of nitrogens with zero attached hydrogens (tertiary/aromatic N) is 3. The van der Waals surface area contributed by atoms with Gasteiger partial charge in [0.2, 0.25) is 0 Å². The van der Waals surface area contributed by atoms with Gasteiger partial charge >= 0.3 is 0 Å². The van der Waals surface area contributed by atoms with Crippen molar-refractivity contribution in [1.29, 1.82) is 0 Å². The maximum atomic E-state index is 14.9. The summed E-state index contributed by atoms with van der Waals surface area (Å²) in [6, 6.07) is 19.8. The molecular weight excluding hydrogens is 607 g/mol. The Morgan fingerprint density at radius 1 is 0.979 bits per heavy atom. The zero-order valence-corrected chi connectivity index (χ0v) is 27.5. The number of hydrogen-bond acceptors (Lipinski definition) is 3. The van der Waals surface area contributed by atoms with Crippen LogP contribution >= 0.6 is 0 Å². The Morgan fingerprint density at radius 2 is 1.83 bits per heavy atom. The monoisotopic (exact) mass is 649 g/mol. The molecule has 0 atom stereocenters. The van der Waals surface area contributed by atoms with Gasteiger partial charge in [-0.15, -0.1) is 0 Å². The van der Waals surface area contributed by atoms with E-state index in [0.29, 0.717) is 13.1 Å². The SMILES string of the molecule is C=C/C(=C\C(=C/C)c1ccc2[nH]nc(-c3cc4c(-c5cc(F)cc(CCCN6CCCC6)c5)cccc4[nH]3)c2c1)CN1CCC(F)(F)C1. The summed E-state index contributed by atoms with van der Waals surface area (Å²) in [4.78, 5) is 7.84. The summed E-state index contributed by atoms with van der Waals surface area (Å²) in [7, 11) is 0. The predicted molar refractivity (Wildman–Crippen MR) is 191 cm³/mol. The van der Waals surface area contributed by atoms with Crippen LogP contribution in [-0.2, 0) is 6.42 Å². The topological polar surface area (TPSA) is 51.0 Å². The van der Waals surface area contributed by atoms with Crippen LogP contribution in [-0.4, -0.2) is 70.2 Å². The lowest BCUT2D eigenvalue weighted by Crippen LogP contribution is -2.26. The van der Waals surface area contributed by atoms with Crippen LogP contribution in [0.3, 0.4) is 0 Å². The van der Waals surface area contributed by atoms with E-state index in [-0.39, 0.29) is 18.8 Å². The number of benzene rings is 3. The van der Waals surface area contributed by atoms with Crippen molar-refractivity contribution >= 4 is 27.4 Å². The maximum Gasteiger partial charge on any atom is 0.261 e. The standard InChI is InChI=1S/C40H42F3N5/c1-3-27(25-48-18-14-40(42,43)26-48)19-29(4-2)30-12-13-37-35(23-30)39(46-45-37)38-24-34-33(10-7-11-36(34)44-38)31-20-28(21-32(41)22-31)9-8-17-47-15-5-6-16-47/h3-4,7,10-13,19-24,44H,1,5-6,8-9,14-18,25-26H2,2H3,(H,45,46)/b27-19+,29-4+. The highest BCUT2D eigenvalue weighted by molar-refractivity contribution is 6.01. The summed E-state index contributed by atoms with van der Waals surface area (Å²) in [5, 5.41) is 9.83. The molecule has 5 aromatic rings. The van der Waals surface area contributed by atoms with E-state index < -0.39 is 5.92 Å². The van der Waals surface area contributed by atoms with Crippen LogP contribution in [0.2, 0.25) is 0 Å². The molecule has 0 saturated carbocycles. The number of aryl methyl sites for hydroxylation is 1.